The summed E-state index contributed by atoms with van der Waals surface area (Å²) >= 11 is 0. The summed E-state index contributed by atoms with van der Waals surface area (Å²) in [5.41, 5.74) is 0. The van der Waals surface area contributed by atoms with E-state index in [1.54, 1.807) is 0 Å². The van der Waals surface area contributed by atoms with E-state index in [9.17, 15) is 0 Å². The summed E-state index contributed by atoms with van der Waals surface area (Å²) in [5, 5.41) is 22.5. The summed E-state index contributed by atoms with van der Waals surface area (Å²) in [6.45, 7) is 7.68. The van der Waals surface area contributed by atoms with E-state index in [4.69, 9.17) is 28.4 Å². The molecule has 3 N–H and O–H groups in total. The van der Waals surface area contributed by atoms with Gasteiger partial charge in [-0.15, -0.1) is 0 Å². The van der Waals surface area contributed by atoms with E-state index < -0.39 is 16.1 Å². The lowest BCUT2D eigenvalue weighted by Crippen LogP contribution is -2.56. The van der Waals surface area contributed by atoms with E-state index in [1.807, 2.05) is 51.1 Å². The van der Waals surface area contributed by atoms with Crippen LogP contribution < -0.4 is 5.19 Å². The summed E-state index contributed by atoms with van der Waals surface area (Å²) in [4.78, 5) is 0. The van der Waals surface area contributed by atoms with Gasteiger partial charge in [0.1, 0.15) is 0 Å². The highest BCUT2D eigenvalue weighted by Gasteiger charge is 2.42. The number of hydrogen-bond donors (Lipinski definition) is 3. The molecule has 0 saturated carbocycles. The Kier molecular flexibility index (Phi) is 10.6. The molecular weight excluding hydrogens is 279 g/mol. The lowest BCUT2D eigenvalue weighted by atomic mass is 10.3. The quantitative estimate of drug-likeness (QED) is 0.609. The minimum absolute atomic E-state index is 0.598. The first-order valence-electron chi connectivity index (χ1n) is 6.53. The van der Waals surface area contributed by atoms with Crippen molar-refractivity contribution >= 4 is 21.3 Å². The minimum Gasteiger partial charge on any atom is -0.402 e. The molecule has 0 unspecified atom stereocenters. The smallest absolute Gasteiger partial charge is 0.402 e. The van der Waals surface area contributed by atoms with Gasteiger partial charge in [-0.2, -0.15) is 0 Å². The Morgan fingerprint density at radius 2 is 1.20 bits per heavy atom. The first-order valence-corrected chi connectivity index (χ1v) is 8.26. The van der Waals surface area contributed by atoms with Crippen LogP contribution in [-0.4, -0.2) is 51.0 Å². The summed E-state index contributed by atoms with van der Waals surface area (Å²) in [5.74, 6) is 0. The Labute approximate surface area is 121 Å². The van der Waals surface area contributed by atoms with E-state index in [0.29, 0.717) is 19.8 Å². The average molecular weight is 302 g/mol. The molecule has 114 valence electrons. The van der Waals surface area contributed by atoms with Crippen molar-refractivity contribution in [2.24, 2.45) is 0 Å². The molecule has 0 saturated heterocycles. The van der Waals surface area contributed by atoms with Crippen molar-refractivity contribution in [2.45, 2.75) is 20.8 Å². The fourth-order valence-electron chi connectivity index (χ4n) is 1.59. The Balaban J connectivity index is 0.000000796. The van der Waals surface area contributed by atoms with Crippen LogP contribution in [0.15, 0.2) is 30.3 Å². The molecule has 0 aliphatic rings. The van der Waals surface area contributed by atoms with Crippen LogP contribution in [0.4, 0.5) is 0 Å². The van der Waals surface area contributed by atoms with E-state index in [-0.39, 0.29) is 0 Å². The van der Waals surface area contributed by atoms with Crippen LogP contribution in [0.25, 0.3) is 0 Å². The van der Waals surface area contributed by atoms with Gasteiger partial charge in [0.05, 0.1) is 0 Å². The van der Waals surface area contributed by atoms with Crippen LogP contribution >= 0.6 is 0 Å². The molecule has 0 amide bonds. The molecule has 0 heterocycles. The SMILES string of the molecule is CCO[Si](OCC)(OCC)c1ccccc1.OB(O)O. The normalized spacial score (nSPS) is 10.7. The fourth-order valence-corrected chi connectivity index (χ4v) is 4.08. The van der Waals surface area contributed by atoms with Gasteiger partial charge in [-0.1, -0.05) is 30.3 Å². The number of hydrogen-bond acceptors (Lipinski definition) is 6. The highest BCUT2D eigenvalue weighted by Crippen LogP contribution is 2.10. The first-order chi connectivity index (χ1) is 9.52. The third-order valence-electron chi connectivity index (χ3n) is 2.13. The van der Waals surface area contributed by atoms with Gasteiger partial charge in [-0.05, 0) is 20.8 Å². The second kappa shape index (κ2) is 11.0. The summed E-state index contributed by atoms with van der Waals surface area (Å²) < 4.78 is 17.4. The molecule has 6 nitrogen and oxygen atoms in total. The van der Waals surface area contributed by atoms with Gasteiger partial charge in [0.25, 0.3) is 0 Å². The molecular formula is C12H23BO6Si. The second-order valence-corrected chi connectivity index (χ2v) is 6.12. The molecule has 0 aromatic heterocycles. The highest BCUT2D eigenvalue weighted by molar-refractivity contribution is 6.75. The van der Waals surface area contributed by atoms with E-state index >= 15 is 0 Å². The van der Waals surface area contributed by atoms with Gasteiger partial charge in [0, 0.05) is 25.0 Å². The van der Waals surface area contributed by atoms with Crippen LogP contribution in [0.1, 0.15) is 20.8 Å². The molecule has 1 aromatic carbocycles. The molecule has 0 aliphatic carbocycles. The zero-order valence-corrected chi connectivity index (χ0v) is 13.2. The lowest BCUT2D eigenvalue weighted by Gasteiger charge is -2.28. The van der Waals surface area contributed by atoms with Crippen LogP contribution in [0.2, 0.25) is 0 Å². The van der Waals surface area contributed by atoms with Crippen molar-refractivity contribution in [1.82, 2.24) is 0 Å². The molecule has 0 bridgehead atoms. The maximum absolute atomic E-state index is 7.17. The average Bonchev–Trinajstić information content (AvgIpc) is 2.40. The van der Waals surface area contributed by atoms with Crippen molar-refractivity contribution < 1.29 is 28.4 Å². The molecule has 0 spiro atoms. The molecule has 20 heavy (non-hydrogen) atoms. The van der Waals surface area contributed by atoms with E-state index in [0.717, 1.165) is 5.19 Å². The second-order valence-electron chi connectivity index (χ2n) is 3.57. The van der Waals surface area contributed by atoms with E-state index in [2.05, 4.69) is 0 Å². The molecule has 0 atom stereocenters. The summed E-state index contributed by atoms with van der Waals surface area (Å²) in [7, 11) is -4.84. The predicted molar refractivity (Wildman–Crippen MR) is 79.1 cm³/mol. The molecule has 1 aromatic rings. The Hall–Kier alpha value is -0.738. The van der Waals surface area contributed by atoms with Gasteiger partial charge >= 0.3 is 16.1 Å². The van der Waals surface area contributed by atoms with Crippen molar-refractivity contribution in [3.63, 3.8) is 0 Å². The summed E-state index contributed by atoms with van der Waals surface area (Å²) in [6.07, 6.45) is 0. The summed E-state index contributed by atoms with van der Waals surface area (Å²) in [6, 6.07) is 9.95. The van der Waals surface area contributed by atoms with Crippen LogP contribution in [0.3, 0.4) is 0 Å². The maximum Gasteiger partial charge on any atom is 0.631 e. The third kappa shape index (κ3) is 7.15. The topological polar surface area (TPSA) is 88.4 Å². The Bertz CT molecular complexity index is 318. The van der Waals surface area contributed by atoms with Gasteiger partial charge in [-0.3, -0.25) is 0 Å². The number of rotatable bonds is 7. The van der Waals surface area contributed by atoms with Crippen molar-refractivity contribution in [1.29, 1.82) is 0 Å². The molecule has 0 fully saturated rings. The van der Waals surface area contributed by atoms with Crippen molar-refractivity contribution in [2.75, 3.05) is 19.8 Å². The van der Waals surface area contributed by atoms with Crippen LogP contribution in [-0.2, 0) is 13.3 Å². The molecule has 0 radical (unpaired) electrons. The highest BCUT2D eigenvalue weighted by atomic mass is 28.4. The zero-order valence-electron chi connectivity index (χ0n) is 12.2. The minimum atomic E-state index is -2.67. The van der Waals surface area contributed by atoms with Crippen molar-refractivity contribution in [3.05, 3.63) is 30.3 Å². The van der Waals surface area contributed by atoms with Gasteiger partial charge in [0.15, 0.2) is 0 Å². The Morgan fingerprint density at radius 3 is 1.50 bits per heavy atom. The standard InChI is InChI=1S/C12H20O3Si.BH3O3/c1-4-13-16(14-5-2,15-6-3)12-10-8-7-9-11-12;2-1(3)4/h7-11H,4-6H2,1-3H3;2-4H. The maximum atomic E-state index is 7.17. The van der Waals surface area contributed by atoms with Gasteiger partial charge in [-0.25, -0.2) is 0 Å². The molecule has 1 rings (SSSR count). The number of benzene rings is 1. The van der Waals surface area contributed by atoms with Crippen LogP contribution in [0.5, 0.6) is 0 Å². The lowest BCUT2D eigenvalue weighted by molar-refractivity contribution is 0.0859. The van der Waals surface area contributed by atoms with Gasteiger partial charge < -0.3 is 28.4 Å². The molecule has 0 aliphatic heterocycles. The zero-order chi connectivity index (χ0) is 15.4. The molecule has 8 heteroatoms. The van der Waals surface area contributed by atoms with Crippen LogP contribution in [0, 0.1) is 0 Å². The monoisotopic (exact) mass is 302 g/mol. The fraction of sp³-hybridized carbons (Fsp3) is 0.500. The van der Waals surface area contributed by atoms with Crippen molar-refractivity contribution in [3.8, 4) is 0 Å². The third-order valence-corrected chi connectivity index (χ3v) is 5.18. The first kappa shape index (κ1) is 19.3. The van der Waals surface area contributed by atoms with E-state index in [1.165, 1.54) is 0 Å². The Morgan fingerprint density at radius 1 is 0.850 bits per heavy atom. The largest absolute Gasteiger partial charge is 0.631 e. The predicted octanol–water partition coefficient (Wildman–Crippen LogP) is -0.110. The van der Waals surface area contributed by atoms with Gasteiger partial charge in [0.2, 0.25) is 0 Å².